The quantitative estimate of drug-likeness (QED) is 0.838. The van der Waals surface area contributed by atoms with Crippen LogP contribution >= 0.6 is 11.8 Å². The van der Waals surface area contributed by atoms with E-state index in [0.29, 0.717) is 5.75 Å². The highest BCUT2D eigenvalue weighted by Crippen LogP contribution is 2.27. The predicted octanol–water partition coefficient (Wildman–Crippen LogP) is 1.97. The number of benzene rings is 1. The molecule has 1 saturated carbocycles. The molecule has 122 valence electrons. The van der Waals surface area contributed by atoms with Crippen LogP contribution in [0.3, 0.4) is 0 Å². The number of aromatic nitrogens is 2. The number of hydrogen-bond acceptors (Lipinski definition) is 4. The van der Waals surface area contributed by atoms with Crippen molar-refractivity contribution in [3.05, 3.63) is 30.1 Å². The zero-order chi connectivity index (χ0) is 16.4. The Kier molecular flexibility index (Phi) is 4.56. The van der Waals surface area contributed by atoms with Crippen LogP contribution in [-0.4, -0.2) is 50.3 Å². The maximum atomic E-state index is 12.6. The van der Waals surface area contributed by atoms with Gasteiger partial charge in [0.2, 0.25) is 5.91 Å². The number of fused-ring (bicyclic) bond motifs is 1. The summed E-state index contributed by atoms with van der Waals surface area (Å²) in [4.78, 5) is 29.7. The molecule has 0 spiro atoms. The summed E-state index contributed by atoms with van der Waals surface area (Å²) in [7, 11) is 0. The highest BCUT2D eigenvalue weighted by Gasteiger charge is 2.34. The van der Waals surface area contributed by atoms with E-state index in [4.69, 9.17) is 5.11 Å². The first-order chi connectivity index (χ1) is 11.1. The molecule has 1 aliphatic carbocycles. The van der Waals surface area contributed by atoms with Crippen molar-refractivity contribution in [2.45, 2.75) is 31.2 Å². The van der Waals surface area contributed by atoms with Crippen LogP contribution in [0.5, 0.6) is 0 Å². The molecule has 1 amide bonds. The summed E-state index contributed by atoms with van der Waals surface area (Å²) < 4.78 is 1.91. The first-order valence-electron chi connectivity index (χ1n) is 7.54. The van der Waals surface area contributed by atoms with Gasteiger partial charge in [-0.3, -0.25) is 9.59 Å². The molecule has 1 N–H and O–H groups in total. The Morgan fingerprint density at radius 1 is 1.39 bits per heavy atom. The van der Waals surface area contributed by atoms with Gasteiger partial charge in [-0.05, 0) is 31.2 Å². The van der Waals surface area contributed by atoms with Crippen molar-refractivity contribution in [1.29, 1.82) is 0 Å². The Balaban J connectivity index is 1.88. The number of amides is 1. The van der Waals surface area contributed by atoms with Crippen molar-refractivity contribution in [1.82, 2.24) is 14.5 Å². The number of carbonyl (C=O) groups excluding carboxylic acids is 1. The molecule has 7 heteroatoms. The Hall–Kier alpha value is -2.02. The van der Waals surface area contributed by atoms with E-state index in [1.54, 1.807) is 11.8 Å². The molecule has 1 fully saturated rings. The van der Waals surface area contributed by atoms with E-state index in [0.717, 1.165) is 29.7 Å². The smallest absolute Gasteiger partial charge is 0.323 e. The average molecular weight is 333 g/mol. The lowest BCUT2D eigenvalue weighted by Crippen LogP contribution is -2.39. The molecule has 0 radical (unpaired) electrons. The van der Waals surface area contributed by atoms with E-state index in [9.17, 15) is 9.59 Å². The number of hydrogen-bond donors (Lipinski definition) is 1. The molecule has 0 aliphatic heterocycles. The number of aliphatic carboxylic acids is 1. The highest BCUT2D eigenvalue weighted by atomic mass is 32.2. The summed E-state index contributed by atoms with van der Waals surface area (Å²) in [6, 6.07) is 7.79. The third-order valence-electron chi connectivity index (χ3n) is 3.91. The van der Waals surface area contributed by atoms with Gasteiger partial charge in [-0.25, -0.2) is 4.98 Å². The molecule has 2 aromatic rings. The molecule has 0 unspecified atom stereocenters. The standard InChI is InChI=1S/C16H19N3O3S/c1-23-10-14-17-12-4-2-3-5-13(12)19(14)8-15(20)18(9-16(21)22)11-6-7-11/h2-5,11H,6-10H2,1H3,(H,21,22). The molecule has 1 aromatic carbocycles. The lowest BCUT2D eigenvalue weighted by molar-refractivity contribution is -0.145. The molecular weight excluding hydrogens is 314 g/mol. The second-order valence-electron chi connectivity index (χ2n) is 5.68. The third-order valence-corrected chi connectivity index (χ3v) is 4.46. The van der Waals surface area contributed by atoms with Gasteiger partial charge in [-0.1, -0.05) is 12.1 Å². The SMILES string of the molecule is CSCc1nc2ccccc2n1CC(=O)N(CC(=O)O)C1CC1. The van der Waals surface area contributed by atoms with Crippen LogP contribution in [0.1, 0.15) is 18.7 Å². The van der Waals surface area contributed by atoms with Gasteiger partial charge in [0.15, 0.2) is 0 Å². The summed E-state index contributed by atoms with van der Waals surface area (Å²) in [6.45, 7) is -0.0891. The molecule has 23 heavy (non-hydrogen) atoms. The minimum Gasteiger partial charge on any atom is -0.480 e. The second-order valence-corrected chi connectivity index (χ2v) is 6.55. The fourth-order valence-electron chi connectivity index (χ4n) is 2.72. The Morgan fingerprint density at radius 3 is 2.78 bits per heavy atom. The van der Waals surface area contributed by atoms with E-state index in [-0.39, 0.29) is 25.0 Å². The number of carbonyl (C=O) groups is 2. The Labute approximate surface area is 138 Å². The fraction of sp³-hybridized carbons (Fsp3) is 0.438. The van der Waals surface area contributed by atoms with E-state index < -0.39 is 5.97 Å². The zero-order valence-electron chi connectivity index (χ0n) is 12.9. The van der Waals surface area contributed by atoms with Gasteiger partial charge in [0.05, 0.1) is 16.8 Å². The Morgan fingerprint density at radius 2 is 2.13 bits per heavy atom. The Bertz CT molecular complexity index is 739. The van der Waals surface area contributed by atoms with Gasteiger partial charge < -0.3 is 14.6 Å². The number of imidazole rings is 1. The van der Waals surface area contributed by atoms with E-state index in [2.05, 4.69) is 4.98 Å². The van der Waals surface area contributed by atoms with Crippen LogP contribution in [-0.2, 0) is 21.9 Å². The summed E-state index contributed by atoms with van der Waals surface area (Å²) in [5, 5.41) is 9.03. The second kappa shape index (κ2) is 6.62. The predicted molar refractivity (Wildman–Crippen MR) is 89.3 cm³/mol. The highest BCUT2D eigenvalue weighted by molar-refractivity contribution is 7.97. The van der Waals surface area contributed by atoms with Crippen LogP contribution in [0, 0.1) is 0 Å². The summed E-state index contributed by atoms with van der Waals surface area (Å²) in [5.41, 5.74) is 1.77. The molecule has 3 rings (SSSR count). The van der Waals surface area contributed by atoms with Crippen LogP contribution in [0.2, 0.25) is 0 Å². The van der Waals surface area contributed by atoms with Gasteiger partial charge in [-0.2, -0.15) is 11.8 Å². The molecule has 0 atom stereocenters. The number of nitrogens with zero attached hydrogens (tertiary/aromatic N) is 3. The summed E-state index contributed by atoms with van der Waals surface area (Å²) >= 11 is 1.65. The third kappa shape index (κ3) is 3.50. The molecular formula is C16H19N3O3S. The largest absolute Gasteiger partial charge is 0.480 e. The van der Waals surface area contributed by atoms with Gasteiger partial charge in [0, 0.05) is 6.04 Å². The first kappa shape index (κ1) is 15.9. The van der Waals surface area contributed by atoms with Gasteiger partial charge in [-0.15, -0.1) is 0 Å². The monoisotopic (exact) mass is 333 g/mol. The van der Waals surface area contributed by atoms with E-state index in [1.807, 2.05) is 35.1 Å². The molecule has 0 saturated heterocycles. The van der Waals surface area contributed by atoms with Crippen molar-refractivity contribution in [3.8, 4) is 0 Å². The minimum absolute atomic E-state index is 0.0809. The lowest BCUT2D eigenvalue weighted by atomic mass is 10.3. The van der Waals surface area contributed by atoms with Gasteiger partial charge in [0.25, 0.3) is 0 Å². The molecule has 1 aromatic heterocycles. The average Bonchev–Trinajstić information content (AvgIpc) is 3.30. The molecule has 6 nitrogen and oxygen atoms in total. The molecule has 0 bridgehead atoms. The maximum Gasteiger partial charge on any atom is 0.323 e. The lowest BCUT2D eigenvalue weighted by Gasteiger charge is -2.21. The maximum absolute atomic E-state index is 12.6. The number of thioether (sulfide) groups is 1. The van der Waals surface area contributed by atoms with Gasteiger partial charge in [0.1, 0.15) is 18.9 Å². The van der Waals surface area contributed by atoms with Crippen molar-refractivity contribution >= 4 is 34.7 Å². The number of para-hydroxylation sites is 2. The first-order valence-corrected chi connectivity index (χ1v) is 8.94. The van der Waals surface area contributed by atoms with Crippen LogP contribution in [0.15, 0.2) is 24.3 Å². The summed E-state index contributed by atoms with van der Waals surface area (Å²) in [5.74, 6) is 0.438. The molecule has 1 heterocycles. The normalized spacial score (nSPS) is 14.1. The number of carboxylic acid groups (broad SMARTS) is 1. The van der Waals surface area contributed by atoms with Crippen LogP contribution in [0.4, 0.5) is 0 Å². The van der Waals surface area contributed by atoms with Crippen molar-refractivity contribution < 1.29 is 14.7 Å². The van der Waals surface area contributed by atoms with Gasteiger partial charge >= 0.3 is 5.97 Å². The fourth-order valence-corrected chi connectivity index (χ4v) is 3.20. The van der Waals surface area contributed by atoms with Crippen molar-refractivity contribution in [2.75, 3.05) is 12.8 Å². The van der Waals surface area contributed by atoms with Crippen molar-refractivity contribution in [3.63, 3.8) is 0 Å². The van der Waals surface area contributed by atoms with E-state index in [1.165, 1.54) is 4.90 Å². The number of rotatable bonds is 7. The minimum atomic E-state index is -0.968. The zero-order valence-corrected chi connectivity index (χ0v) is 13.8. The van der Waals surface area contributed by atoms with Crippen LogP contribution < -0.4 is 0 Å². The van der Waals surface area contributed by atoms with Crippen molar-refractivity contribution in [2.24, 2.45) is 0 Å². The van der Waals surface area contributed by atoms with E-state index >= 15 is 0 Å². The molecule has 1 aliphatic rings. The number of carboxylic acids is 1. The topological polar surface area (TPSA) is 75.4 Å². The van der Waals surface area contributed by atoms with Crippen LogP contribution in [0.25, 0.3) is 11.0 Å². The summed E-state index contributed by atoms with van der Waals surface area (Å²) in [6.07, 6.45) is 3.77.